The van der Waals surface area contributed by atoms with E-state index >= 15 is 0 Å². The Bertz CT molecular complexity index is 4030. The van der Waals surface area contributed by atoms with Crippen LogP contribution in [-0.4, -0.2) is 40.6 Å². The van der Waals surface area contributed by atoms with Crippen molar-refractivity contribution in [3.63, 3.8) is 0 Å². The molecule has 0 saturated carbocycles. The topological polar surface area (TPSA) is 69.9 Å². The molecule has 14 rings (SSSR count). The summed E-state index contributed by atoms with van der Waals surface area (Å²) in [6.07, 6.45) is 1.87. The van der Waals surface area contributed by atoms with Gasteiger partial charge in [-0.2, -0.15) is 4.98 Å². The third-order valence-electron chi connectivity index (χ3n) is 12.8. The third kappa shape index (κ3) is 4.52. The summed E-state index contributed by atoms with van der Waals surface area (Å²) in [6, 6.07) is 65.0. The first kappa shape index (κ1) is 33.4. The maximum absolute atomic E-state index is 5.34. The van der Waals surface area contributed by atoms with Gasteiger partial charge in [-0.25, -0.2) is 9.98 Å². The molecule has 290 valence electrons. The Kier molecular flexibility index (Phi) is 6.73. The van der Waals surface area contributed by atoms with Crippen LogP contribution < -0.4 is 5.32 Å². The van der Waals surface area contributed by atoms with Crippen LogP contribution in [0.5, 0.6) is 0 Å². The molecule has 0 fully saturated rings. The normalized spacial score (nSPS) is 13.0. The fourth-order valence-corrected chi connectivity index (χ4v) is 10.3. The Labute approximate surface area is 353 Å². The van der Waals surface area contributed by atoms with Crippen molar-refractivity contribution >= 4 is 105 Å². The van der Waals surface area contributed by atoms with Gasteiger partial charge in [0.1, 0.15) is 11.5 Å². The lowest BCUT2D eigenvalue weighted by Crippen LogP contribution is -2.25. The predicted octanol–water partition coefficient (Wildman–Crippen LogP) is 12.9. The standard InChI is InChI=1S/C54H34N8/c1-3-15-33(16-4-1)59-44-23-11-9-21-37(44)41-30-49-42(29-48(41)59)38-22-10-13-25-46(38)61(49)50-32-55-53-43(57-50)31-56-54(58-53)62-47-26-14-8-20-36(47)40-28-27-39-35-19-7-12-24-45(35)60(51(39)52(40)62)34-17-5-2-6-18-34/h1-31H,32H2,(H,55,56,58). The van der Waals surface area contributed by atoms with Crippen molar-refractivity contribution in [1.82, 2.24) is 28.2 Å². The lowest BCUT2D eigenvalue weighted by molar-refractivity contribution is 0.976. The number of benzene rings is 8. The molecule has 5 aromatic heterocycles. The zero-order valence-corrected chi connectivity index (χ0v) is 33.2. The van der Waals surface area contributed by atoms with Gasteiger partial charge in [0.2, 0.25) is 5.95 Å². The molecule has 8 heteroatoms. The third-order valence-corrected chi connectivity index (χ3v) is 12.8. The van der Waals surface area contributed by atoms with Gasteiger partial charge < -0.3 is 14.5 Å². The van der Waals surface area contributed by atoms with Crippen LogP contribution in [0, 0.1) is 0 Å². The minimum Gasteiger partial charge on any atom is -0.361 e. The summed E-state index contributed by atoms with van der Waals surface area (Å²) >= 11 is 0. The van der Waals surface area contributed by atoms with E-state index in [2.05, 4.69) is 206 Å². The molecule has 0 atom stereocenters. The van der Waals surface area contributed by atoms with E-state index < -0.39 is 0 Å². The molecule has 1 aliphatic rings. The Morgan fingerprint density at radius 1 is 0.387 bits per heavy atom. The van der Waals surface area contributed by atoms with E-state index in [1.165, 1.54) is 43.4 Å². The molecule has 0 unspecified atom stereocenters. The smallest absolute Gasteiger partial charge is 0.236 e. The minimum atomic E-state index is 0.487. The average molecular weight is 795 g/mol. The highest BCUT2D eigenvalue weighted by atomic mass is 15.2. The van der Waals surface area contributed by atoms with Crippen molar-refractivity contribution < 1.29 is 0 Å². The van der Waals surface area contributed by atoms with E-state index in [0.717, 1.165) is 61.1 Å². The summed E-state index contributed by atoms with van der Waals surface area (Å²) in [6.45, 7) is 0.487. The number of anilines is 1. The van der Waals surface area contributed by atoms with Crippen LogP contribution in [0.1, 0.15) is 0 Å². The van der Waals surface area contributed by atoms with E-state index in [4.69, 9.17) is 15.0 Å². The highest BCUT2D eigenvalue weighted by Gasteiger charge is 2.25. The summed E-state index contributed by atoms with van der Waals surface area (Å²) < 4.78 is 9.31. The highest BCUT2D eigenvalue weighted by molar-refractivity contribution is 6.24. The highest BCUT2D eigenvalue weighted by Crippen LogP contribution is 2.43. The summed E-state index contributed by atoms with van der Waals surface area (Å²) in [5.41, 5.74) is 11.9. The molecule has 62 heavy (non-hydrogen) atoms. The number of rotatable bonds is 3. The summed E-state index contributed by atoms with van der Waals surface area (Å²) in [7, 11) is 0. The second-order valence-corrected chi connectivity index (χ2v) is 16.1. The maximum atomic E-state index is 5.34. The van der Waals surface area contributed by atoms with Crippen LogP contribution in [0.4, 0.5) is 11.5 Å². The van der Waals surface area contributed by atoms with Crippen LogP contribution in [0.3, 0.4) is 0 Å². The second kappa shape index (κ2) is 12.5. The van der Waals surface area contributed by atoms with Crippen molar-refractivity contribution in [2.45, 2.75) is 0 Å². The summed E-state index contributed by atoms with van der Waals surface area (Å²) in [4.78, 5) is 15.7. The van der Waals surface area contributed by atoms with Gasteiger partial charge in [0.05, 0.1) is 56.9 Å². The maximum Gasteiger partial charge on any atom is 0.236 e. The van der Waals surface area contributed by atoms with Crippen molar-refractivity contribution in [3.05, 3.63) is 188 Å². The average Bonchev–Trinajstić information content (AvgIpc) is 4.06. The lowest BCUT2D eigenvalue weighted by Gasteiger charge is -2.20. The number of nitrogens with zero attached hydrogens (tertiary/aromatic N) is 7. The largest absolute Gasteiger partial charge is 0.361 e. The van der Waals surface area contributed by atoms with Gasteiger partial charge in [-0.05, 0) is 60.7 Å². The molecule has 0 amide bonds. The molecular weight excluding hydrogens is 761 g/mol. The molecular formula is C54H34N8. The van der Waals surface area contributed by atoms with E-state index in [0.29, 0.717) is 24.0 Å². The number of para-hydroxylation sites is 6. The molecule has 0 aliphatic carbocycles. The molecule has 8 aromatic carbocycles. The first-order chi connectivity index (χ1) is 30.8. The van der Waals surface area contributed by atoms with Crippen LogP contribution in [-0.2, 0) is 0 Å². The van der Waals surface area contributed by atoms with Crippen LogP contribution in [0.15, 0.2) is 193 Å². The Morgan fingerprint density at radius 2 is 0.839 bits per heavy atom. The molecule has 6 heterocycles. The van der Waals surface area contributed by atoms with E-state index in [-0.39, 0.29) is 0 Å². The van der Waals surface area contributed by atoms with Crippen molar-refractivity contribution in [2.75, 3.05) is 11.9 Å². The molecule has 0 radical (unpaired) electrons. The Balaban J connectivity index is 0.978. The zero-order valence-electron chi connectivity index (χ0n) is 33.2. The van der Waals surface area contributed by atoms with Crippen molar-refractivity contribution in [3.8, 4) is 17.3 Å². The number of aliphatic imine (C=N–C) groups is 1. The minimum absolute atomic E-state index is 0.487. The Morgan fingerprint density at radius 3 is 1.44 bits per heavy atom. The predicted molar refractivity (Wildman–Crippen MR) is 255 cm³/mol. The van der Waals surface area contributed by atoms with Crippen LogP contribution in [0.25, 0.3) is 105 Å². The SMILES string of the molecule is c1ccc(-n2c3ccccc3c3cc4c(cc32)c2ccccc2n4C2=Nc3cnc(-n4c5ccccc5c5ccc6c7ccccc7n(-c7ccccc7)c6c54)nc3NC2)cc1. The van der Waals surface area contributed by atoms with Gasteiger partial charge >= 0.3 is 0 Å². The van der Waals surface area contributed by atoms with Crippen LogP contribution in [0.2, 0.25) is 0 Å². The van der Waals surface area contributed by atoms with Crippen molar-refractivity contribution in [1.29, 1.82) is 0 Å². The summed E-state index contributed by atoms with van der Waals surface area (Å²) in [5, 5.41) is 13.1. The lowest BCUT2D eigenvalue weighted by atomic mass is 10.1. The number of aromatic nitrogens is 6. The Hall–Kier alpha value is -8.49. The van der Waals surface area contributed by atoms with Crippen molar-refractivity contribution in [2.24, 2.45) is 4.99 Å². The van der Waals surface area contributed by atoms with Gasteiger partial charge in [0, 0.05) is 54.5 Å². The first-order valence-corrected chi connectivity index (χ1v) is 21.0. The first-order valence-electron chi connectivity index (χ1n) is 21.0. The van der Waals surface area contributed by atoms with Crippen LogP contribution >= 0.6 is 0 Å². The number of fused-ring (bicyclic) bond motifs is 14. The molecule has 0 spiro atoms. The molecule has 0 bridgehead atoms. The van der Waals surface area contributed by atoms with E-state index in [1.54, 1.807) is 0 Å². The van der Waals surface area contributed by atoms with Gasteiger partial charge in [-0.15, -0.1) is 0 Å². The molecule has 8 nitrogen and oxygen atoms in total. The quantitative estimate of drug-likeness (QED) is 0.194. The number of nitrogens with one attached hydrogen (secondary N) is 1. The van der Waals surface area contributed by atoms with E-state index in [1.807, 2.05) is 6.20 Å². The fraction of sp³-hybridized carbons (Fsp3) is 0.0185. The fourth-order valence-electron chi connectivity index (χ4n) is 10.3. The summed E-state index contributed by atoms with van der Waals surface area (Å²) in [5.74, 6) is 2.18. The van der Waals surface area contributed by atoms with Gasteiger partial charge in [-0.3, -0.25) is 9.13 Å². The van der Waals surface area contributed by atoms with Gasteiger partial charge in [-0.1, -0.05) is 121 Å². The molecule has 13 aromatic rings. The van der Waals surface area contributed by atoms with Gasteiger partial charge in [0.25, 0.3) is 0 Å². The molecule has 1 aliphatic heterocycles. The molecule has 0 saturated heterocycles. The zero-order chi connectivity index (χ0) is 40.5. The molecule has 1 N–H and O–H groups in total. The van der Waals surface area contributed by atoms with Gasteiger partial charge in [0.15, 0.2) is 5.82 Å². The second-order valence-electron chi connectivity index (χ2n) is 16.1. The van der Waals surface area contributed by atoms with E-state index in [9.17, 15) is 0 Å². The number of hydrogen-bond acceptors (Lipinski definition) is 4. The number of hydrogen-bond donors (Lipinski definition) is 1. The monoisotopic (exact) mass is 794 g/mol.